The minimum atomic E-state index is -0.304. The van der Waals surface area contributed by atoms with Gasteiger partial charge in [0.15, 0.2) is 0 Å². The summed E-state index contributed by atoms with van der Waals surface area (Å²) in [4.78, 5) is 11.8. The summed E-state index contributed by atoms with van der Waals surface area (Å²) < 4.78 is 10.9. The Morgan fingerprint density at radius 2 is 2.21 bits per heavy atom. The van der Waals surface area contributed by atoms with E-state index in [-0.39, 0.29) is 11.0 Å². The van der Waals surface area contributed by atoms with Crippen molar-refractivity contribution in [2.45, 2.75) is 26.2 Å². The molecule has 0 aliphatic heterocycles. The SMILES string of the molecule is CCCCCOc1ccc2c(=O)c(C#N)coc2c1. The molecule has 0 aliphatic rings. The fourth-order valence-corrected chi connectivity index (χ4v) is 1.82. The maximum Gasteiger partial charge on any atom is 0.210 e. The van der Waals surface area contributed by atoms with Gasteiger partial charge in [-0.3, -0.25) is 4.79 Å². The number of rotatable bonds is 5. The molecule has 0 N–H and O–H groups in total. The van der Waals surface area contributed by atoms with Crippen molar-refractivity contribution >= 4 is 11.0 Å². The van der Waals surface area contributed by atoms with Crippen LogP contribution in [0.2, 0.25) is 0 Å². The molecule has 1 aromatic heterocycles. The summed E-state index contributed by atoms with van der Waals surface area (Å²) in [6.45, 7) is 2.79. The molecule has 19 heavy (non-hydrogen) atoms. The predicted molar refractivity (Wildman–Crippen MR) is 72.2 cm³/mol. The Morgan fingerprint density at radius 3 is 2.95 bits per heavy atom. The third-order valence-corrected chi connectivity index (χ3v) is 2.88. The average molecular weight is 257 g/mol. The molecule has 0 fully saturated rings. The number of hydrogen-bond donors (Lipinski definition) is 0. The molecule has 0 saturated heterocycles. The van der Waals surface area contributed by atoms with Gasteiger partial charge in [-0.1, -0.05) is 19.8 Å². The summed E-state index contributed by atoms with van der Waals surface area (Å²) in [7, 11) is 0. The van der Waals surface area contributed by atoms with Crippen LogP contribution in [0.5, 0.6) is 5.75 Å². The fourth-order valence-electron chi connectivity index (χ4n) is 1.82. The molecule has 0 aliphatic carbocycles. The van der Waals surface area contributed by atoms with E-state index < -0.39 is 0 Å². The first-order chi connectivity index (χ1) is 9.26. The highest BCUT2D eigenvalue weighted by atomic mass is 16.5. The first-order valence-corrected chi connectivity index (χ1v) is 6.34. The Bertz CT molecular complexity index is 667. The topological polar surface area (TPSA) is 63.2 Å². The highest BCUT2D eigenvalue weighted by Gasteiger charge is 2.07. The normalized spacial score (nSPS) is 10.3. The predicted octanol–water partition coefficient (Wildman–Crippen LogP) is 3.23. The molecule has 0 radical (unpaired) electrons. The maximum atomic E-state index is 11.8. The van der Waals surface area contributed by atoms with Gasteiger partial charge in [0, 0.05) is 6.07 Å². The van der Waals surface area contributed by atoms with E-state index in [9.17, 15) is 4.79 Å². The van der Waals surface area contributed by atoms with Crippen molar-refractivity contribution in [3.63, 3.8) is 0 Å². The molecule has 0 saturated carbocycles. The molecule has 2 aromatic rings. The van der Waals surface area contributed by atoms with Gasteiger partial charge in [0.05, 0.1) is 12.0 Å². The van der Waals surface area contributed by atoms with Crippen molar-refractivity contribution in [1.82, 2.24) is 0 Å². The summed E-state index contributed by atoms with van der Waals surface area (Å²) in [6, 6.07) is 6.86. The number of nitrogens with zero attached hydrogens (tertiary/aromatic N) is 1. The second kappa shape index (κ2) is 6.05. The summed E-state index contributed by atoms with van der Waals surface area (Å²) in [6.07, 6.45) is 4.47. The lowest BCUT2D eigenvalue weighted by atomic mass is 10.2. The lowest BCUT2D eigenvalue weighted by molar-refractivity contribution is 0.306. The number of ether oxygens (including phenoxy) is 1. The van der Waals surface area contributed by atoms with Crippen LogP contribution in [0.15, 0.2) is 33.7 Å². The highest BCUT2D eigenvalue weighted by molar-refractivity contribution is 5.78. The van der Waals surface area contributed by atoms with Crippen LogP contribution in [0.25, 0.3) is 11.0 Å². The van der Waals surface area contributed by atoms with Crippen molar-refractivity contribution in [3.8, 4) is 11.8 Å². The molecule has 4 nitrogen and oxygen atoms in total. The van der Waals surface area contributed by atoms with E-state index in [0.717, 1.165) is 19.3 Å². The van der Waals surface area contributed by atoms with Gasteiger partial charge in [-0.25, -0.2) is 0 Å². The second-order valence-electron chi connectivity index (χ2n) is 4.30. The summed E-state index contributed by atoms with van der Waals surface area (Å²) >= 11 is 0. The second-order valence-corrected chi connectivity index (χ2v) is 4.30. The van der Waals surface area contributed by atoms with E-state index in [1.807, 2.05) is 6.07 Å². The molecule has 0 atom stereocenters. The molecular formula is C15H15NO3. The van der Waals surface area contributed by atoms with E-state index >= 15 is 0 Å². The average Bonchev–Trinajstić information content (AvgIpc) is 2.44. The van der Waals surface area contributed by atoms with Gasteiger partial charge in [0.1, 0.15) is 29.2 Å². The minimum Gasteiger partial charge on any atom is -0.493 e. The number of fused-ring (bicyclic) bond motifs is 1. The van der Waals surface area contributed by atoms with E-state index in [2.05, 4.69) is 6.92 Å². The summed E-state index contributed by atoms with van der Waals surface area (Å²) in [5.74, 6) is 0.677. The molecule has 0 spiro atoms. The molecule has 98 valence electrons. The van der Waals surface area contributed by atoms with Crippen LogP contribution >= 0.6 is 0 Å². The first-order valence-electron chi connectivity index (χ1n) is 6.34. The van der Waals surface area contributed by atoms with Gasteiger partial charge in [-0.2, -0.15) is 5.26 Å². The minimum absolute atomic E-state index is 0.0177. The summed E-state index contributed by atoms with van der Waals surface area (Å²) in [5, 5.41) is 9.17. The standard InChI is InChI=1S/C15H15NO3/c1-2-3-4-7-18-12-5-6-13-14(8-12)19-10-11(9-16)15(13)17/h5-6,8,10H,2-4,7H2,1H3. The van der Waals surface area contributed by atoms with Crippen molar-refractivity contribution in [2.24, 2.45) is 0 Å². The van der Waals surface area contributed by atoms with E-state index in [4.69, 9.17) is 14.4 Å². The van der Waals surface area contributed by atoms with Crippen LogP contribution in [0.4, 0.5) is 0 Å². The number of benzene rings is 1. The molecule has 1 aromatic carbocycles. The smallest absolute Gasteiger partial charge is 0.210 e. The first kappa shape index (κ1) is 13.2. The molecule has 1 heterocycles. The van der Waals surface area contributed by atoms with Crippen LogP contribution in [0.3, 0.4) is 0 Å². The van der Waals surface area contributed by atoms with Gasteiger partial charge < -0.3 is 9.15 Å². The molecule has 4 heteroatoms. The molecule has 0 amide bonds. The molecule has 0 bridgehead atoms. The Kier molecular flexibility index (Phi) is 4.19. The highest BCUT2D eigenvalue weighted by Crippen LogP contribution is 2.19. The van der Waals surface area contributed by atoms with E-state index in [0.29, 0.717) is 23.3 Å². The fraction of sp³-hybridized carbons (Fsp3) is 0.333. The molecular weight excluding hydrogens is 242 g/mol. The lowest BCUT2D eigenvalue weighted by Gasteiger charge is -2.06. The van der Waals surface area contributed by atoms with Crippen molar-refractivity contribution in [1.29, 1.82) is 5.26 Å². The zero-order valence-corrected chi connectivity index (χ0v) is 10.8. The van der Waals surface area contributed by atoms with Gasteiger partial charge in [0.2, 0.25) is 5.43 Å². The van der Waals surface area contributed by atoms with Crippen LogP contribution < -0.4 is 10.2 Å². The largest absolute Gasteiger partial charge is 0.493 e. The Labute approximate surface area is 111 Å². The lowest BCUT2D eigenvalue weighted by Crippen LogP contribution is -2.05. The quantitative estimate of drug-likeness (QED) is 0.771. The van der Waals surface area contributed by atoms with Crippen LogP contribution in [-0.2, 0) is 0 Å². The van der Waals surface area contributed by atoms with Gasteiger partial charge in [-0.05, 0) is 18.6 Å². The zero-order valence-electron chi connectivity index (χ0n) is 10.8. The van der Waals surface area contributed by atoms with Crippen molar-refractivity contribution < 1.29 is 9.15 Å². The zero-order chi connectivity index (χ0) is 13.7. The maximum absolute atomic E-state index is 11.8. The third kappa shape index (κ3) is 2.94. The van der Waals surface area contributed by atoms with E-state index in [1.165, 1.54) is 6.26 Å². The summed E-state index contributed by atoms with van der Waals surface area (Å²) in [5.41, 5.74) is 0.155. The van der Waals surface area contributed by atoms with Crippen LogP contribution in [0.1, 0.15) is 31.7 Å². The molecule has 2 rings (SSSR count). The Hall–Kier alpha value is -2.28. The molecule has 0 unspecified atom stereocenters. The Morgan fingerprint density at radius 1 is 1.37 bits per heavy atom. The van der Waals surface area contributed by atoms with Gasteiger partial charge in [0.25, 0.3) is 0 Å². The number of unbranched alkanes of at least 4 members (excludes halogenated alkanes) is 2. The Balaban J connectivity index is 2.23. The van der Waals surface area contributed by atoms with Crippen molar-refractivity contribution in [2.75, 3.05) is 6.61 Å². The van der Waals surface area contributed by atoms with Gasteiger partial charge in [-0.15, -0.1) is 0 Å². The third-order valence-electron chi connectivity index (χ3n) is 2.88. The van der Waals surface area contributed by atoms with Crippen LogP contribution in [0, 0.1) is 11.3 Å². The van der Waals surface area contributed by atoms with Crippen molar-refractivity contribution in [3.05, 3.63) is 40.2 Å². The van der Waals surface area contributed by atoms with Crippen LogP contribution in [-0.4, -0.2) is 6.61 Å². The monoisotopic (exact) mass is 257 g/mol. The number of hydrogen-bond acceptors (Lipinski definition) is 4. The van der Waals surface area contributed by atoms with E-state index in [1.54, 1.807) is 18.2 Å². The van der Waals surface area contributed by atoms with Gasteiger partial charge >= 0.3 is 0 Å². The number of nitriles is 1.